The molecule has 5 heteroatoms. The Kier molecular flexibility index (Phi) is 7.56. The Morgan fingerprint density at radius 2 is 1.45 bits per heavy atom. The molecule has 0 aliphatic carbocycles. The van der Waals surface area contributed by atoms with Gasteiger partial charge in [0, 0.05) is 19.6 Å². The Bertz CT molecular complexity index is 1160. The number of benzene rings is 3. The van der Waals surface area contributed by atoms with Crippen molar-refractivity contribution in [1.82, 2.24) is 10.2 Å². The van der Waals surface area contributed by atoms with Crippen LogP contribution < -0.4 is 10.1 Å². The third-order valence-electron chi connectivity index (χ3n) is 5.35. The second-order valence-corrected chi connectivity index (χ2v) is 7.92. The first-order valence-corrected chi connectivity index (χ1v) is 11.0. The molecule has 0 aliphatic rings. The number of nitrogens with zero attached hydrogens (tertiary/aromatic N) is 1. The molecule has 4 aromatic rings. The van der Waals surface area contributed by atoms with Crippen molar-refractivity contribution in [1.29, 1.82) is 0 Å². The summed E-state index contributed by atoms with van der Waals surface area (Å²) in [6.07, 6.45) is 0. The highest BCUT2D eigenvalue weighted by Gasteiger charge is 2.15. The van der Waals surface area contributed by atoms with E-state index in [2.05, 4.69) is 28.4 Å². The molecule has 0 bridgehead atoms. The first-order valence-electron chi connectivity index (χ1n) is 11.0. The molecule has 1 N–H and O–H groups in total. The average Bonchev–Trinajstić information content (AvgIpc) is 3.32. The summed E-state index contributed by atoms with van der Waals surface area (Å²) >= 11 is 0. The van der Waals surface area contributed by atoms with Crippen molar-refractivity contribution in [3.63, 3.8) is 0 Å². The Morgan fingerprint density at radius 3 is 2.18 bits per heavy atom. The van der Waals surface area contributed by atoms with E-state index in [4.69, 9.17) is 9.15 Å². The third-order valence-corrected chi connectivity index (χ3v) is 5.35. The smallest absolute Gasteiger partial charge is 0.287 e. The molecule has 0 radical (unpaired) electrons. The predicted molar refractivity (Wildman–Crippen MR) is 129 cm³/mol. The molecule has 3 aromatic carbocycles. The fourth-order valence-corrected chi connectivity index (χ4v) is 3.71. The number of amides is 1. The quantitative estimate of drug-likeness (QED) is 0.358. The van der Waals surface area contributed by atoms with Crippen LogP contribution in [0.4, 0.5) is 0 Å². The number of hydrogen-bond donors (Lipinski definition) is 1. The van der Waals surface area contributed by atoms with Crippen molar-refractivity contribution in [2.75, 3.05) is 7.11 Å². The maximum absolute atomic E-state index is 12.5. The maximum atomic E-state index is 12.5. The minimum atomic E-state index is -0.215. The van der Waals surface area contributed by atoms with E-state index in [1.165, 1.54) is 5.56 Å². The van der Waals surface area contributed by atoms with Gasteiger partial charge in [0.05, 0.1) is 13.7 Å². The van der Waals surface area contributed by atoms with E-state index in [-0.39, 0.29) is 5.91 Å². The van der Waals surface area contributed by atoms with Crippen LogP contribution in [-0.2, 0) is 26.2 Å². The number of ether oxygens (including phenoxy) is 1. The van der Waals surface area contributed by atoms with Gasteiger partial charge >= 0.3 is 0 Å². The highest BCUT2D eigenvalue weighted by molar-refractivity contribution is 5.91. The van der Waals surface area contributed by atoms with Crippen LogP contribution in [-0.4, -0.2) is 17.9 Å². The van der Waals surface area contributed by atoms with Crippen molar-refractivity contribution < 1.29 is 13.9 Å². The molecule has 0 saturated heterocycles. The van der Waals surface area contributed by atoms with Gasteiger partial charge in [-0.1, -0.05) is 72.8 Å². The zero-order chi connectivity index (χ0) is 22.9. The van der Waals surface area contributed by atoms with Crippen LogP contribution in [0.2, 0.25) is 0 Å². The van der Waals surface area contributed by atoms with Gasteiger partial charge in [0.15, 0.2) is 5.76 Å². The van der Waals surface area contributed by atoms with Crippen molar-refractivity contribution in [3.8, 4) is 5.75 Å². The summed E-state index contributed by atoms with van der Waals surface area (Å²) in [5.74, 6) is 1.69. The molecule has 168 valence electrons. The van der Waals surface area contributed by atoms with Crippen LogP contribution in [0.15, 0.2) is 101 Å². The normalized spacial score (nSPS) is 10.8. The zero-order valence-electron chi connectivity index (χ0n) is 18.7. The SMILES string of the molecule is COc1cccc(CN(Cc2ccccc2)Cc2ccc(C(=O)NCc3ccccc3)o2)c1. The minimum Gasteiger partial charge on any atom is -0.497 e. The van der Waals surface area contributed by atoms with E-state index in [1.807, 2.05) is 72.8 Å². The Balaban J connectivity index is 1.44. The van der Waals surface area contributed by atoms with Gasteiger partial charge in [-0.25, -0.2) is 0 Å². The topological polar surface area (TPSA) is 54.7 Å². The van der Waals surface area contributed by atoms with Crippen molar-refractivity contribution >= 4 is 5.91 Å². The number of hydrogen-bond acceptors (Lipinski definition) is 4. The molecule has 1 aromatic heterocycles. The number of nitrogens with one attached hydrogen (secondary N) is 1. The first kappa shape index (κ1) is 22.4. The van der Waals surface area contributed by atoms with E-state index in [0.717, 1.165) is 35.7 Å². The Hall–Kier alpha value is -3.83. The lowest BCUT2D eigenvalue weighted by Crippen LogP contribution is -2.23. The van der Waals surface area contributed by atoms with Crippen LogP contribution in [0.3, 0.4) is 0 Å². The van der Waals surface area contributed by atoms with Gasteiger partial charge in [-0.05, 0) is 41.0 Å². The van der Waals surface area contributed by atoms with E-state index in [9.17, 15) is 4.79 Å². The molecular weight excluding hydrogens is 412 g/mol. The van der Waals surface area contributed by atoms with E-state index < -0.39 is 0 Å². The monoisotopic (exact) mass is 440 g/mol. The van der Waals surface area contributed by atoms with E-state index >= 15 is 0 Å². The molecule has 0 unspecified atom stereocenters. The lowest BCUT2D eigenvalue weighted by atomic mass is 10.1. The molecule has 5 nitrogen and oxygen atoms in total. The standard InChI is InChI=1S/C28H28N2O3/c1-32-25-14-8-13-24(17-25)20-30(19-23-11-6-3-7-12-23)21-26-15-16-27(33-26)28(31)29-18-22-9-4-2-5-10-22/h2-17H,18-21H2,1H3,(H,29,31). The van der Waals surface area contributed by atoms with Crippen LogP contribution in [0.25, 0.3) is 0 Å². The van der Waals surface area contributed by atoms with Crippen LogP contribution in [0.5, 0.6) is 5.75 Å². The van der Waals surface area contributed by atoms with Crippen LogP contribution >= 0.6 is 0 Å². The predicted octanol–water partition coefficient (Wildman–Crippen LogP) is 5.42. The molecule has 1 amide bonds. The highest BCUT2D eigenvalue weighted by atomic mass is 16.5. The van der Waals surface area contributed by atoms with Gasteiger partial charge < -0.3 is 14.5 Å². The van der Waals surface area contributed by atoms with Crippen molar-refractivity contribution in [2.24, 2.45) is 0 Å². The van der Waals surface area contributed by atoms with Gasteiger partial charge in [0.1, 0.15) is 11.5 Å². The lowest BCUT2D eigenvalue weighted by molar-refractivity contribution is 0.0918. The maximum Gasteiger partial charge on any atom is 0.287 e. The molecule has 33 heavy (non-hydrogen) atoms. The van der Waals surface area contributed by atoms with Gasteiger partial charge in [-0.3, -0.25) is 9.69 Å². The molecule has 0 spiro atoms. The number of rotatable bonds is 10. The van der Waals surface area contributed by atoms with Gasteiger partial charge in [-0.15, -0.1) is 0 Å². The van der Waals surface area contributed by atoms with Crippen molar-refractivity contribution in [3.05, 3.63) is 125 Å². The summed E-state index contributed by atoms with van der Waals surface area (Å²) < 4.78 is 11.3. The van der Waals surface area contributed by atoms with Crippen LogP contribution in [0, 0.1) is 0 Å². The number of furan rings is 1. The second kappa shape index (κ2) is 11.2. The fraction of sp³-hybridized carbons (Fsp3) is 0.179. The second-order valence-electron chi connectivity index (χ2n) is 7.92. The lowest BCUT2D eigenvalue weighted by Gasteiger charge is -2.22. The third kappa shape index (κ3) is 6.57. The molecular formula is C28H28N2O3. The van der Waals surface area contributed by atoms with Gasteiger partial charge in [0.25, 0.3) is 5.91 Å². The first-order chi connectivity index (χ1) is 16.2. The summed E-state index contributed by atoms with van der Waals surface area (Å²) in [6.45, 7) is 2.53. The summed E-state index contributed by atoms with van der Waals surface area (Å²) in [4.78, 5) is 14.8. The molecule has 0 saturated carbocycles. The van der Waals surface area contributed by atoms with E-state index in [1.54, 1.807) is 13.2 Å². The number of methoxy groups -OCH3 is 1. The number of carbonyl (C=O) groups excluding carboxylic acids is 1. The van der Waals surface area contributed by atoms with Gasteiger partial charge in [0.2, 0.25) is 0 Å². The largest absolute Gasteiger partial charge is 0.497 e. The number of carbonyl (C=O) groups is 1. The Labute approximate surface area is 194 Å². The molecule has 1 heterocycles. The minimum absolute atomic E-state index is 0.215. The van der Waals surface area contributed by atoms with Gasteiger partial charge in [-0.2, -0.15) is 0 Å². The van der Waals surface area contributed by atoms with Crippen LogP contribution in [0.1, 0.15) is 33.0 Å². The molecule has 4 rings (SSSR count). The summed E-state index contributed by atoms with van der Waals surface area (Å²) in [5.41, 5.74) is 3.41. The summed E-state index contributed by atoms with van der Waals surface area (Å²) in [6, 6.07) is 31.8. The Morgan fingerprint density at radius 1 is 0.788 bits per heavy atom. The highest BCUT2D eigenvalue weighted by Crippen LogP contribution is 2.19. The summed E-state index contributed by atoms with van der Waals surface area (Å²) in [7, 11) is 1.67. The average molecular weight is 441 g/mol. The molecule has 0 atom stereocenters. The van der Waals surface area contributed by atoms with Crippen molar-refractivity contribution in [2.45, 2.75) is 26.2 Å². The van der Waals surface area contributed by atoms with E-state index in [0.29, 0.717) is 18.8 Å². The fourth-order valence-electron chi connectivity index (χ4n) is 3.71. The zero-order valence-corrected chi connectivity index (χ0v) is 18.7. The molecule has 0 fully saturated rings. The summed E-state index contributed by atoms with van der Waals surface area (Å²) in [5, 5.41) is 2.91. The molecule has 0 aliphatic heterocycles.